The number of aryl methyl sites for hydroxylation is 3. The molecule has 14 nitrogen and oxygen atoms in total. The number of hydrogen-bond acceptors (Lipinski definition) is 10. The lowest BCUT2D eigenvalue weighted by molar-refractivity contribution is -0.157. The number of sulfonamides is 1. The van der Waals surface area contributed by atoms with Gasteiger partial charge in [-0.1, -0.05) is 23.6 Å². The highest BCUT2D eigenvalue weighted by atomic mass is 32.2. The molecule has 4 rings (SSSR count). The third-order valence-electron chi connectivity index (χ3n) is 8.83. The average Bonchev–Trinajstić information content (AvgIpc) is 3.10. The van der Waals surface area contributed by atoms with Crippen LogP contribution in [-0.2, 0) is 42.4 Å². The van der Waals surface area contributed by atoms with Crippen molar-refractivity contribution in [1.29, 1.82) is 0 Å². The molecule has 1 heterocycles. The number of ether oxygens (including phenoxy) is 1. The Bertz CT molecular complexity index is 2380. The molecule has 0 aliphatic carbocycles. The van der Waals surface area contributed by atoms with E-state index in [1.807, 2.05) is 11.6 Å². The molecule has 0 spiro atoms. The summed E-state index contributed by atoms with van der Waals surface area (Å²) < 4.78 is 49.0. The zero-order valence-corrected chi connectivity index (χ0v) is 32.8. The van der Waals surface area contributed by atoms with Crippen molar-refractivity contribution in [1.82, 2.24) is 19.6 Å². The molecule has 0 fully saturated rings. The van der Waals surface area contributed by atoms with Crippen LogP contribution in [-0.4, -0.2) is 59.4 Å². The van der Waals surface area contributed by atoms with E-state index in [9.17, 15) is 37.5 Å². The largest absolute Gasteiger partial charge is 0.480 e. The van der Waals surface area contributed by atoms with Crippen molar-refractivity contribution >= 4 is 50.4 Å². The van der Waals surface area contributed by atoms with Crippen LogP contribution in [0.5, 0.6) is 0 Å². The quantitative estimate of drug-likeness (QED) is 0.113. The summed E-state index contributed by atoms with van der Waals surface area (Å²) in [6.07, 6.45) is 4.95. The predicted octanol–water partition coefficient (Wildman–Crippen LogP) is 4.51. The summed E-state index contributed by atoms with van der Waals surface area (Å²) in [5, 5.41) is 12.2. The second-order valence-corrected chi connectivity index (χ2v) is 16.0. The number of hydrogen-bond donors (Lipinski definition) is 3. The zero-order valence-electron chi connectivity index (χ0n) is 31.9. The van der Waals surface area contributed by atoms with Crippen LogP contribution in [0.25, 0.3) is 10.9 Å². The highest BCUT2D eigenvalue weighted by molar-refractivity contribution is 7.90. The Morgan fingerprint density at radius 1 is 1.05 bits per heavy atom. The van der Waals surface area contributed by atoms with Crippen LogP contribution >= 0.6 is 0 Å². The molecule has 296 valence electrons. The lowest BCUT2D eigenvalue weighted by atomic mass is 9.98. The maximum Gasteiger partial charge on any atom is 0.326 e. The summed E-state index contributed by atoms with van der Waals surface area (Å²) >= 11 is 0. The first kappa shape index (κ1) is 42.7. The minimum Gasteiger partial charge on any atom is -0.480 e. The number of halogens is 1. The van der Waals surface area contributed by atoms with E-state index < -0.39 is 62.2 Å². The smallest absolute Gasteiger partial charge is 0.326 e. The average molecular weight is 790 g/mol. The first-order valence-corrected chi connectivity index (χ1v) is 19.0. The molecule has 0 bridgehead atoms. The van der Waals surface area contributed by atoms with E-state index in [1.54, 1.807) is 63.8 Å². The van der Waals surface area contributed by atoms with Gasteiger partial charge >= 0.3 is 11.9 Å². The van der Waals surface area contributed by atoms with Gasteiger partial charge in [0.1, 0.15) is 17.7 Å². The Hall–Kier alpha value is -6.08. The molecule has 1 aromatic heterocycles. The fourth-order valence-corrected chi connectivity index (χ4v) is 6.58. The molecule has 4 aromatic rings. The van der Waals surface area contributed by atoms with Crippen LogP contribution < -0.4 is 20.5 Å². The van der Waals surface area contributed by atoms with Crippen LogP contribution in [0.3, 0.4) is 0 Å². The summed E-state index contributed by atoms with van der Waals surface area (Å²) in [7, 11) is -4.13. The lowest BCUT2D eigenvalue weighted by Crippen LogP contribution is -2.41. The third kappa shape index (κ3) is 10.6. The molecule has 0 aliphatic rings. The number of rotatable bonds is 15. The van der Waals surface area contributed by atoms with E-state index in [0.717, 1.165) is 17.2 Å². The molecule has 16 heteroatoms. The standard InChI is InChI=1S/C40H44FN5O9S/c1-8-18-45(22-27-20-31-34(19-25(27)3)42-26(4)46(37(31)49)23-55-39(52)40(5,6)7)28-14-17-30(32(41)21-28)36(48)43-33(38(50)51)10-9-11-35(47)44-56(53,54)29-15-12-24(2)13-16-29/h1,12-17,19-21,33H,9-11,18,22-23H2,2-7H3,(H,43,48)(H,44,47)(H,50,51). The van der Waals surface area contributed by atoms with E-state index in [1.165, 1.54) is 28.8 Å². The van der Waals surface area contributed by atoms with Gasteiger partial charge in [0.05, 0.1) is 33.3 Å². The van der Waals surface area contributed by atoms with Gasteiger partial charge in [-0.15, -0.1) is 6.42 Å². The maximum atomic E-state index is 15.5. The number of terminal acetylenes is 1. The Kier molecular flexibility index (Phi) is 13.4. The first-order chi connectivity index (χ1) is 26.2. The van der Waals surface area contributed by atoms with Gasteiger partial charge in [-0.2, -0.15) is 0 Å². The van der Waals surface area contributed by atoms with Crippen molar-refractivity contribution in [3.63, 3.8) is 0 Å². The number of aliphatic carboxylic acids is 1. The number of carboxylic acid groups (broad SMARTS) is 1. The van der Waals surface area contributed by atoms with Crippen molar-refractivity contribution < 1.29 is 41.8 Å². The maximum absolute atomic E-state index is 15.5. The minimum atomic E-state index is -4.13. The molecule has 0 radical (unpaired) electrons. The van der Waals surface area contributed by atoms with Gasteiger partial charge in [0.15, 0.2) is 6.73 Å². The van der Waals surface area contributed by atoms with E-state index in [0.29, 0.717) is 22.6 Å². The predicted molar refractivity (Wildman–Crippen MR) is 207 cm³/mol. The normalized spacial score (nSPS) is 12.0. The highest BCUT2D eigenvalue weighted by Gasteiger charge is 2.26. The number of aromatic nitrogens is 2. The summed E-state index contributed by atoms with van der Waals surface area (Å²) in [4.78, 5) is 69.3. The molecule has 0 saturated heterocycles. The first-order valence-electron chi connectivity index (χ1n) is 17.5. The number of nitrogens with zero attached hydrogens (tertiary/aromatic N) is 3. The van der Waals surface area contributed by atoms with Crippen molar-refractivity contribution in [3.8, 4) is 12.3 Å². The van der Waals surface area contributed by atoms with Gasteiger partial charge < -0.3 is 20.1 Å². The van der Waals surface area contributed by atoms with Crippen LogP contribution in [0.1, 0.15) is 72.9 Å². The second-order valence-electron chi connectivity index (χ2n) is 14.3. The van der Waals surface area contributed by atoms with Crippen molar-refractivity contribution in [2.75, 3.05) is 11.4 Å². The lowest BCUT2D eigenvalue weighted by Gasteiger charge is -2.24. The molecule has 56 heavy (non-hydrogen) atoms. The Balaban J connectivity index is 1.46. The molecule has 1 atom stereocenters. The number of fused-ring (bicyclic) bond motifs is 1. The van der Waals surface area contributed by atoms with Crippen molar-refractivity contribution in [3.05, 3.63) is 98.8 Å². The SMILES string of the molecule is C#CCN(Cc1cc2c(=O)n(COC(=O)C(C)(C)C)c(C)nc2cc1C)c1ccc(C(=O)NC(CCCC(=O)NS(=O)(=O)c2ccc(C)cc2)C(=O)O)c(F)c1. The summed E-state index contributed by atoms with van der Waals surface area (Å²) in [5.41, 5.74) is 1.36. The van der Waals surface area contributed by atoms with E-state index >= 15 is 4.39 Å². The summed E-state index contributed by atoms with van der Waals surface area (Å²) in [6, 6.07) is 11.4. The number of anilines is 1. The summed E-state index contributed by atoms with van der Waals surface area (Å²) in [5.74, 6) is -1.88. The zero-order chi connectivity index (χ0) is 41.5. The second kappa shape index (κ2) is 17.6. The van der Waals surface area contributed by atoms with Gasteiger partial charge in [-0.25, -0.2) is 27.3 Å². The van der Waals surface area contributed by atoms with Crippen molar-refractivity contribution in [2.45, 2.75) is 85.0 Å². The molecule has 1 unspecified atom stereocenters. The number of nitrogens with one attached hydrogen (secondary N) is 2. The van der Waals surface area contributed by atoms with E-state index in [4.69, 9.17) is 11.2 Å². The Morgan fingerprint density at radius 2 is 1.73 bits per heavy atom. The van der Waals surface area contributed by atoms with Gasteiger partial charge in [0, 0.05) is 18.7 Å². The number of carbonyl (C=O) groups excluding carboxylic acids is 3. The fourth-order valence-electron chi connectivity index (χ4n) is 5.57. The Morgan fingerprint density at radius 3 is 2.34 bits per heavy atom. The number of carbonyl (C=O) groups is 4. The van der Waals surface area contributed by atoms with Gasteiger partial charge in [0.2, 0.25) is 5.91 Å². The van der Waals surface area contributed by atoms with Crippen LogP contribution in [0, 0.1) is 44.3 Å². The number of esters is 1. The monoisotopic (exact) mass is 789 g/mol. The topological polar surface area (TPSA) is 194 Å². The van der Waals surface area contributed by atoms with Crippen LogP contribution in [0.15, 0.2) is 64.3 Å². The highest BCUT2D eigenvalue weighted by Crippen LogP contribution is 2.25. The molecule has 0 saturated carbocycles. The van der Waals surface area contributed by atoms with Crippen LogP contribution in [0.4, 0.5) is 10.1 Å². The van der Waals surface area contributed by atoms with Gasteiger partial charge in [-0.05, 0) is 108 Å². The van der Waals surface area contributed by atoms with E-state index in [2.05, 4.69) is 16.2 Å². The van der Waals surface area contributed by atoms with E-state index in [-0.39, 0.29) is 49.4 Å². The molecule has 3 aromatic carbocycles. The number of benzene rings is 3. The molecule has 3 N–H and O–H groups in total. The van der Waals surface area contributed by atoms with Crippen molar-refractivity contribution in [2.24, 2.45) is 5.41 Å². The van der Waals surface area contributed by atoms with Gasteiger partial charge in [0.25, 0.3) is 21.5 Å². The van der Waals surface area contributed by atoms with Crippen LogP contribution in [0.2, 0.25) is 0 Å². The molecule has 2 amide bonds. The van der Waals surface area contributed by atoms with Gasteiger partial charge in [-0.3, -0.25) is 23.7 Å². The number of carboxylic acids is 1. The fraction of sp³-hybridized carbons (Fsp3) is 0.350. The minimum absolute atomic E-state index is 0.0164. The molecular formula is C40H44FN5O9S. The molecule has 0 aliphatic heterocycles. The summed E-state index contributed by atoms with van der Waals surface area (Å²) in [6.45, 7) is 10.2. The molecular weight excluding hydrogens is 746 g/mol. The Labute approximate surface area is 324 Å². The number of amides is 2. The third-order valence-corrected chi connectivity index (χ3v) is 10.2.